The normalized spacial score (nSPS) is 22.0. The Hall–Kier alpha value is -2.62. The summed E-state index contributed by atoms with van der Waals surface area (Å²) < 4.78 is 28.4. The molecule has 0 aliphatic carbocycles. The predicted octanol–water partition coefficient (Wildman–Crippen LogP) is 0.118. The van der Waals surface area contributed by atoms with Gasteiger partial charge in [0.1, 0.15) is 11.8 Å². The molecule has 2 aliphatic heterocycles. The Balaban J connectivity index is 1.62. The van der Waals surface area contributed by atoms with Crippen molar-refractivity contribution in [2.24, 2.45) is 5.92 Å². The third-order valence-corrected chi connectivity index (χ3v) is 7.12. The van der Waals surface area contributed by atoms with Gasteiger partial charge in [-0.2, -0.15) is 0 Å². The van der Waals surface area contributed by atoms with Gasteiger partial charge < -0.3 is 19.9 Å². The molecule has 0 bridgehead atoms. The average molecular weight is 438 g/mol. The molecule has 2 unspecified atom stereocenters. The van der Waals surface area contributed by atoms with E-state index in [1.54, 1.807) is 13.0 Å². The minimum absolute atomic E-state index is 0.0474. The van der Waals surface area contributed by atoms with E-state index >= 15 is 0 Å². The van der Waals surface area contributed by atoms with Gasteiger partial charge in [-0.05, 0) is 31.5 Å². The van der Waals surface area contributed by atoms with E-state index in [0.717, 1.165) is 5.56 Å². The number of nitrogens with zero attached hydrogens (tertiary/aromatic N) is 2. The number of hydrogen-bond acceptors (Lipinski definition) is 6. The number of methoxy groups -OCH3 is 1. The maximum absolute atomic E-state index is 12.7. The van der Waals surface area contributed by atoms with E-state index in [2.05, 4.69) is 5.32 Å². The SMILES string of the molecule is COc1ccc(C)cc1N1CC(C(=O)NC(C)C(=O)N2CCS(=O)(=O)CC2)CC1=O. The first-order chi connectivity index (χ1) is 14.1. The first-order valence-electron chi connectivity index (χ1n) is 9.86. The second-order valence-electron chi connectivity index (χ2n) is 7.79. The van der Waals surface area contributed by atoms with E-state index in [1.165, 1.54) is 16.9 Å². The minimum atomic E-state index is -3.09. The van der Waals surface area contributed by atoms with Crippen LogP contribution in [0.5, 0.6) is 5.75 Å². The van der Waals surface area contributed by atoms with Gasteiger partial charge in [-0.15, -0.1) is 0 Å². The fraction of sp³-hybridized carbons (Fsp3) is 0.550. The Morgan fingerprint density at radius 3 is 2.53 bits per heavy atom. The van der Waals surface area contributed by atoms with Gasteiger partial charge in [0.25, 0.3) is 0 Å². The molecule has 30 heavy (non-hydrogen) atoms. The quantitative estimate of drug-likeness (QED) is 0.700. The van der Waals surface area contributed by atoms with E-state index < -0.39 is 21.8 Å². The summed E-state index contributed by atoms with van der Waals surface area (Å²) >= 11 is 0. The van der Waals surface area contributed by atoms with Crippen molar-refractivity contribution in [3.63, 3.8) is 0 Å². The van der Waals surface area contributed by atoms with E-state index in [1.807, 2.05) is 19.1 Å². The van der Waals surface area contributed by atoms with Gasteiger partial charge in [0.15, 0.2) is 9.84 Å². The lowest BCUT2D eigenvalue weighted by Gasteiger charge is -2.29. The van der Waals surface area contributed by atoms with Crippen molar-refractivity contribution in [3.05, 3.63) is 23.8 Å². The van der Waals surface area contributed by atoms with Crippen LogP contribution in [0.1, 0.15) is 18.9 Å². The van der Waals surface area contributed by atoms with Crippen LogP contribution in [0.15, 0.2) is 18.2 Å². The molecule has 2 atom stereocenters. The molecule has 1 aromatic carbocycles. The molecule has 0 radical (unpaired) electrons. The summed E-state index contributed by atoms with van der Waals surface area (Å²) in [7, 11) is -1.57. The fourth-order valence-corrected chi connectivity index (χ4v) is 4.93. The van der Waals surface area contributed by atoms with Crippen LogP contribution in [0, 0.1) is 12.8 Å². The largest absolute Gasteiger partial charge is 0.495 e. The highest BCUT2D eigenvalue weighted by Crippen LogP contribution is 2.34. The lowest BCUT2D eigenvalue weighted by atomic mass is 10.1. The van der Waals surface area contributed by atoms with E-state index in [4.69, 9.17) is 4.74 Å². The molecule has 164 valence electrons. The molecule has 2 heterocycles. The Kier molecular flexibility index (Phi) is 6.35. The van der Waals surface area contributed by atoms with Crippen LogP contribution in [0.3, 0.4) is 0 Å². The lowest BCUT2D eigenvalue weighted by Crippen LogP contribution is -2.52. The van der Waals surface area contributed by atoms with Gasteiger partial charge in [0.05, 0.1) is 30.2 Å². The molecule has 10 heteroatoms. The number of carbonyl (C=O) groups is 3. The Morgan fingerprint density at radius 1 is 1.23 bits per heavy atom. The van der Waals surface area contributed by atoms with Gasteiger partial charge in [-0.1, -0.05) is 6.07 Å². The number of aryl methyl sites for hydroxylation is 1. The molecule has 0 saturated carbocycles. The summed E-state index contributed by atoms with van der Waals surface area (Å²) in [4.78, 5) is 40.8. The molecule has 1 N–H and O–H groups in total. The van der Waals surface area contributed by atoms with Crippen LogP contribution < -0.4 is 15.0 Å². The number of anilines is 1. The first kappa shape index (κ1) is 22.1. The smallest absolute Gasteiger partial charge is 0.244 e. The van der Waals surface area contributed by atoms with E-state index in [-0.39, 0.29) is 55.3 Å². The number of sulfone groups is 1. The van der Waals surface area contributed by atoms with Crippen molar-refractivity contribution >= 4 is 33.2 Å². The second kappa shape index (κ2) is 8.63. The van der Waals surface area contributed by atoms with E-state index in [9.17, 15) is 22.8 Å². The molecule has 2 saturated heterocycles. The summed E-state index contributed by atoms with van der Waals surface area (Å²) in [6, 6.07) is 4.71. The molecule has 2 fully saturated rings. The maximum atomic E-state index is 12.7. The average Bonchev–Trinajstić information content (AvgIpc) is 3.09. The summed E-state index contributed by atoms with van der Waals surface area (Å²) in [5.41, 5.74) is 1.59. The number of nitrogens with one attached hydrogen (secondary N) is 1. The zero-order valence-electron chi connectivity index (χ0n) is 17.4. The highest BCUT2D eigenvalue weighted by Gasteiger charge is 2.37. The highest BCUT2D eigenvalue weighted by molar-refractivity contribution is 7.91. The Labute approximate surface area is 176 Å². The molecular formula is C20H27N3O6S. The van der Waals surface area contributed by atoms with Crippen molar-refractivity contribution in [2.45, 2.75) is 26.3 Å². The van der Waals surface area contributed by atoms with E-state index in [0.29, 0.717) is 11.4 Å². The van der Waals surface area contributed by atoms with Crippen molar-refractivity contribution in [1.82, 2.24) is 10.2 Å². The van der Waals surface area contributed by atoms with Crippen LogP contribution >= 0.6 is 0 Å². The summed E-state index contributed by atoms with van der Waals surface area (Å²) in [5.74, 6) is -1.03. The molecule has 0 spiro atoms. The van der Waals surface area contributed by atoms with Crippen molar-refractivity contribution in [3.8, 4) is 5.75 Å². The van der Waals surface area contributed by atoms with Gasteiger partial charge >= 0.3 is 0 Å². The molecule has 3 amide bonds. The fourth-order valence-electron chi connectivity index (χ4n) is 3.73. The topological polar surface area (TPSA) is 113 Å². The van der Waals surface area contributed by atoms with Gasteiger partial charge in [-0.3, -0.25) is 14.4 Å². The number of carbonyl (C=O) groups excluding carboxylic acids is 3. The second-order valence-corrected chi connectivity index (χ2v) is 10.1. The molecule has 0 aromatic heterocycles. The summed E-state index contributed by atoms with van der Waals surface area (Å²) in [6.07, 6.45) is 0.0474. The zero-order chi connectivity index (χ0) is 22.1. The number of hydrogen-bond donors (Lipinski definition) is 1. The first-order valence-corrected chi connectivity index (χ1v) is 11.7. The summed E-state index contributed by atoms with van der Waals surface area (Å²) in [6.45, 7) is 3.94. The maximum Gasteiger partial charge on any atom is 0.244 e. The van der Waals surface area contributed by atoms with Crippen LogP contribution in [0.25, 0.3) is 0 Å². The summed E-state index contributed by atoms with van der Waals surface area (Å²) in [5, 5.41) is 2.68. The molecular weight excluding hydrogens is 410 g/mol. The standard InChI is InChI=1S/C20H27N3O6S/c1-13-4-5-17(29-3)16(10-13)23-12-15(11-18(23)24)19(25)21-14(2)20(26)22-6-8-30(27,28)9-7-22/h4-5,10,14-15H,6-9,11-12H2,1-3H3,(H,21,25). The molecule has 2 aliphatic rings. The number of amides is 3. The number of benzene rings is 1. The molecule has 9 nitrogen and oxygen atoms in total. The van der Waals surface area contributed by atoms with Gasteiger partial charge in [0.2, 0.25) is 17.7 Å². The van der Waals surface area contributed by atoms with Crippen LogP contribution in [0.2, 0.25) is 0 Å². The van der Waals surface area contributed by atoms with Crippen LogP contribution in [0.4, 0.5) is 5.69 Å². The monoisotopic (exact) mass is 437 g/mol. The molecule has 3 rings (SSSR count). The Bertz CT molecular complexity index is 947. The van der Waals surface area contributed by atoms with Gasteiger partial charge in [-0.25, -0.2) is 8.42 Å². The predicted molar refractivity (Wildman–Crippen MR) is 111 cm³/mol. The number of rotatable bonds is 5. The minimum Gasteiger partial charge on any atom is -0.495 e. The zero-order valence-corrected chi connectivity index (χ0v) is 18.2. The third kappa shape index (κ3) is 4.75. The van der Waals surface area contributed by atoms with Gasteiger partial charge in [0, 0.05) is 26.1 Å². The lowest BCUT2D eigenvalue weighted by molar-refractivity contribution is -0.136. The number of ether oxygens (including phenoxy) is 1. The van der Waals surface area contributed by atoms with Crippen LogP contribution in [-0.2, 0) is 24.2 Å². The van der Waals surface area contributed by atoms with Crippen molar-refractivity contribution in [2.75, 3.05) is 43.1 Å². The third-order valence-electron chi connectivity index (χ3n) is 5.51. The van der Waals surface area contributed by atoms with Crippen LogP contribution in [-0.4, -0.2) is 75.3 Å². The van der Waals surface area contributed by atoms with Crippen molar-refractivity contribution < 1.29 is 27.5 Å². The van der Waals surface area contributed by atoms with Crippen molar-refractivity contribution in [1.29, 1.82) is 0 Å². The highest BCUT2D eigenvalue weighted by atomic mass is 32.2. The molecule has 1 aromatic rings. The Morgan fingerprint density at radius 2 is 1.90 bits per heavy atom.